The van der Waals surface area contributed by atoms with Gasteiger partial charge in [-0.2, -0.15) is 0 Å². The van der Waals surface area contributed by atoms with Crippen molar-refractivity contribution in [3.05, 3.63) is 24.3 Å². The van der Waals surface area contributed by atoms with E-state index in [0.29, 0.717) is 0 Å². The minimum absolute atomic E-state index is 0.0628. The predicted molar refractivity (Wildman–Crippen MR) is 53.6 cm³/mol. The summed E-state index contributed by atoms with van der Waals surface area (Å²) in [5.41, 5.74) is 0.799. The monoisotopic (exact) mass is 197 g/mol. The van der Waals surface area contributed by atoms with Crippen LogP contribution >= 0.6 is 12.0 Å². The van der Waals surface area contributed by atoms with Crippen molar-refractivity contribution in [1.29, 1.82) is 0 Å². The van der Waals surface area contributed by atoms with Gasteiger partial charge in [0.1, 0.15) is 0 Å². The van der Waals surface area contributed by atoms with Crippen LogP contribution in [0.4, 0.5) is 5.69 Å². The number of rotatable bonds is 3. The van der Waals surface area contributed by atoms with Crippen molar-refractivity contribution in [3.63, 3.8) is 0 Å². The topological polar surface area (TPSA) is 38.3 Å². The molecule has 0 spiro atoms. The molecule has 0 atom stereocenters. The maximum Gasteiger partial charge on any atom is 0.221 e. The lowest BCUT2D eigenvalue weighted by Crippen LogP contribution is -2.05. The van der Waals surface area contributed by atoms with E-state index in [9.17, 15) is 4.79 Å². The van der Waals surface area contributed by atoms with Gasteiger partial charge >= 0.3 is 0 Å². The molecule has 4 heteroatoms. The van der Waals surface area contributed by atoms with Gasteiger partial charge in [-0.05, 0) is 24.3 Å². The first-order valence-electron chi connectivity index (χ1n) is 3.80. The molecule has 0 aliphatic rings. The van der Waals surface area contributed by atoms with Crippen molar-refractivity contribution in [1.82, 2.24) is 0 Å². The Hall–Kier alpha value is -1.00. The smallest absolute Gasteiger partial charge is 0.221 e. The molecule has 1 aromatic rings. The van der Waals surface area contributed by atoms with Gasteiger partial charge in [-0.25, -0.2) is 0 Å². The molecule has 3 nitrogen and oxygen atoms in total. The highest BCUT2D eigenvalue weighted by molar-refractivity contribution is 7.94. The van der Waals surface area contributed by atoms with E-state index in [2.05, 4.69) is 5.32 Å². The summed E-state index contributed by atoms with van der Waals surface area (Å²) in [5.74, 6) is -0.0628. The third-order valence-electron chi connectivity index (χ3n) is 1.35. The average Bonchev–Trinajstić information content (AvgIpc) is 2.08. The molecule has 1 aromatic carbocycles. The molecule has 0 bridgehead atoms. The number of amides is 1. The van der Waals surface area contributed by atoms with Gasteiger partial charge in [0.25, 0.3) is 0 Å². The van der Waals surface area contributed by atoms with Crippen molar-refractivity contribution in [2.75, 3.05) is 12.4 Å². The molecular weight excluding hydrogens is 186 g/mol. The minimum atomic E-state index is -0.0628. The Morgan fingerprint density at radius 1 is 1.38 bits per heavy atom. The van der Waals surface area contributed by atoms with Crippen LogP contribution in [0.15, 0.2) is 29.2 Å². The van der Waals surface area contributed by atoms with Gasteiger partial charge in [0.05, 0.1) is 7.11 Å². The summed E-state index contributed by atoms with van der Waals surface area (Å²) in [6.07, 6.45) is 0. The third-order valence-corrected chi connectivity index (χ3v) is 1.99. The van der Waals surface area contributed by atoms with Gasteiger partial charge in [0.15, 0.2) is 0 Å². The number of hydrogen-bond acceptors (Lipinski definition) is 3. The predicted octanol–water partition coefficient (Wildman–Crippen LogP) is 2.30. The molecule has 0 heterocycles. The number of carbonyl (C=O) groups is 1. The zero-order chi connectivity index (χ0) is 9.68. The molecule has 0 radical (unpaired) electrons. The Labute approximate surface area is 81.7 Å². The summed E-state index contributed by atoms with van der Waals surface area (Å²) in [6, 6.07) is 7.45. The SMILES string of the molecule is COSc1ccc(NC(C)=O)cc1. The number of benzene rings is 1. The quantitative estimate of drug-likeness (QED) is 0.755. The molecule has 70 valence electrons. The molecule has 0 fully saturated rings. The first-order chi connectivity index (χ1) is 6.22. The molecule has 0 aromatic heterocycles. The van der Waals surface area contributed by atoms with Gasteiger partial charge < -0.3 is 9.50 Å². The maximum absolute atomic E-state index is 10.7. The second-order valence-electron chi connectivity index (χ2n) is 2.46. The van der Waals surface area contributed by atoms with Gasteiger partial charge in [-0.15, -0.1) is 0 Å². The molecule has 0 aliphatic heterocycles. The van der Waals surface area contributed by atoms with Crippen molar-refractivity contribution in [2.24, 2.45) is 0 Å². The largest absolute Gasteiger partial charge is 0.326 e. The Kier molecular flexibility index (Phi) is 3.79. The van der Waals surface area contributed by atoms with Crippen LogP contribution in [0.25, 0.3) is 0 Å². The van der Waals surface area contributed by atoms with E-state index in [0.717, 1.165) is 10.6 Å². The van der Waals surface area contributed by atoms with Crippen LogP contribution in [0.1, 0.15) is 6.92 Å². The molecule has 1 amide bonds. The minimum Gasteiger partial charge on any atom is -0.326 e. The van der Waals surface area contributed by atoms with Crippen LogP contribution < -0.4 is 5.32 Å². The van der Waals surface area contributed by atoms with Crippen LogP contribution in [0.3, 0.4) is 0 Å². The summed E-state index contributed by atoms with van der Waals surface area (Å²) in [7, 11) is 1.62. The highest BCUT2D eigenvalue weighted by Crippen LogP contribution is 2.19. The molecule has 1 N–H and O–H groups in total. The lowest BCUT2D eigenvalue weighted by Gasteiger charge is -2.02. The van der Waals surface area contributed by atoms with E-state index in [1.165, 1.54) is 19.0 Å². The van der Waals surface area contributed by atoms with E-state index >= 15 is 0 Å². The maximum atomic E-state index is 10.7. The fourth-order valence-electron chi connectivity index (χ4n) is 0.893. The van der Waals surface area contributed by atoms with Crippen LogP contribution in [0, 0.1) is 0 Å². The van der Waals surface area contributed by atoms with Crippen LogP contribution in [-0.4, -0.2) is 13.0 Å². The number of hydrogen-bond donors (Lipinski definition) is 1. The number of anilines is 1. The van der Waals surface area contributed by atoms with Crippen molar-refractivity contribution in [2.45, 2.75) is 11.8 Å². The molecule has 0 saturated heterocycles. The molecule has 1 rings (SSSR count). The first-order valence-corrected chi connectivity index (χ1v) is 4.55. The average molecular weight is 197 g/mol. The first kappa shape index (κ1) is 10.1. The summed E-state index contributed by atoms with van der Waals surface area (Å²) < 4.78 is 4.88. The lowest BCUT2D eigenvalue weighted by molar-refractivity contribution is -0.114. The number of carbonyl (C=O) groups excluding carboxylic acids is 1. The van der Waals surface area contributed by atoms with Gasteiger partial charge in [-0.3, -0.25) is 4.79 Å². The van der Waals surface area contributed by atoms with Crippen LogP contribution in [0.5, 0.6) is 0 Å². The van der Waals surface area contributed by atoms with E-state index < -0.39 is 0 Å². The summed E-state index contributed by atoms with van der Waals surface area (Å²) in [4.78, 5) is 11.7. The van der Waals surface area contributed by atoms with Gasteiger partial charge in [-0.1, -0.05) is 0 Å². The van der Waals surface area contributed by atoms with E-state index in [4.69, 9.17) is 4.18 Å². The second-order valence-corrected chi connectivity index (χ2v) is 3.43. The second kappa shape index (κ2) is 4.89. The third kappa shape index (κ3) is 3.48. The summed E-state index contributed by atoms with van der Waals surface area (Å²) in [5, 5.41) is 2.69. The van der Waals surface area contributed by atoms with Crippen molar-refractivity contribution in [3.8, 4) is 0 Å². The standard InChI is InChI=1S/C9H11NO2S/c1-7(11)10-8-3-5-9(6-4-8)13-12-2/h3-6H,1-2H3,(H,10,11). The molecular formula is C9H11NO2S. The van der Waals surface area contributed by atoms with Crippen LogP contribution in [0.2, 0.25) is 0 Å². The van der Waals surface area contributed by atoms with Gasteiger partial charge in [0.2, 0.25) is 5.91 Å². The zero-order valence-corrected chi connectivity index (χ0v) is 8.35. The van der Waals surface area contributed by atoms with E-state index in [1.807, 2.05) is 24.3 Å². The van der Waals surface area contributed by atoms with Crippen molar-refractivity contribution < 1.29 is 8.98 Å². The lowest BCUT2D eigenvalue weighted by atomic mass is 10.3. The fraction of sp³-hybridized carbons (Fsp3) is 0.222. The Balaban J connectivity index is 2.64. The zero-order valence-electron chi connectivity index (χ0n) is 7.53. The Morgan fingerprint density at radius 2 is 2.00 bits per heavy atom. The van der Waals surface area contributed by atoms with Gasteiger partial charge in [0, 0.05) is 29.5 Å². The normalized spacial score (nSPS) is 9.69. The van der Waals surface area contributed by atoms with Crippen LogP contribution in [-0.2, 0) is 8.98 Å². The molecule has 13 heavy (non-hydrogen) atoms. The Morgan fingerprint density at radius 3 is 2.46 bits per heavy atom. The van der Waals surface area contributed by atoms with E-state index in [-0.39, 0.29) is 5.91 Å². The molecule has 0 saturated carbocycles. The highest BCUT2D eigenvalue weighted by Gasteiger charge is 1.96. The fourth-order valence-corrected chi connectivity index (χ4v) is 1.33. The molecule has 0 unspecified atom stereocenters. The van der Waals surface area contributed by atoms with Crippen molar-refractivity contribution >= 4 is 23.6 Å². The number of nitrogens with one attached hydrogen (secondary N) is 1. The Bertz CT molecular complexity index is 284. The summed E-state index contributed by atoms with van der Waals surface area (Å²) in [6.45, 7) is 1.48. The summed E-state index contributed by atoms with van der Waals surface area (Å²) >= 11 is 1.29. The highest BCUT2D eigenvalue weighted by atomic mass is 32.2. The molecule has 0 aliphatic carbocycles. The van der Waals surface area contributed by atoms with E-state index in [1.54, 1.807) is 7.11 Å².